The summed E-state index contributed by atoms with van der Waals surface area (Å²) in [6.45, 7) is 12.7. The van der Waals surface area contributed by atoms with Crippen molar-refractivity contribution in [1.29, 1.82) is 0 Å². The molecule has 1 atom stereocenters. The summed E-state index contributed by atoms with van der Waals surface area (Å²) in [5, 5.41) is 0. The van der Waals surface area contributed by atoms with E-state index in [1.165, 1.54) is 0 Å². The maximum Gasteiger partial charge on any atom is 0.140 e. The summed E-state index contributed by atoms with van der Waals surface area (Å²) in [5.41, 5.74) is 1.11. The number of rotatable bonds is 7. The lowest BCUT2D eigenvalue weighted by molar-refractivity contribution is 0.248. The van der Waals surface area contributed by atoms with Gasteiger partial charge in [-0.05, 0) is 32.3 Å². The first kappa shape index (κ1) is 13.9. The molecule has 1 unspecified atom stereocenters. The standard InChI is InChI=1S/C13H23NO/c1-6-11(5)14-10-13(15-9-4)12(7-2)8-3/h7,10-11H,2,6,8-9H2,1,3-5H3/b13-12-,14-10?. The van der Waals surface area contributed by atoms with Crippen molar-refractivity contribution in [3.8, 4) is 0 Å². The lowest BCUT2D eigenvalue weighted by atomic mass is 10.2. The number of aliphatic imine (C=N–C) groups is 1. The fraction of sp³-hybridized carbons (Fsp3) is 0.615. The van der Waals surface area contributed by atoms with E-state index in [1.54, 1.807) is 0 Å². The molecule has 2 nitrogen and oxygen atoms in total. The highest BCUT2D eigenvalue weighted by atomic mass is 16.5. The SMILES string of the molecule is C=C/C(CC)=C(\C=NC(C)CC)OCC. The molecule has 0 aliphatic heterocycles. The van der Waals surface area contributed by atoms with E-state index < -0.39 is 0 Å². The van der Waals surface area contributed by atoms with E-state index in [2.05, 4.69) is 32.3 Å². The van der Waals surface area contributed by atoms with Gasteiger partial charge in [0.1, 0.15) is 5.76 Å². The lowest BCUT2D eigenvalue weighted by Crippen LogP contribution is -2.01. The summed E-state index contributed by atoms with van der Waals surface area (Å²) in [6, 6.07) is 0.350. The Kier molecular flexibility index (Phi) is 7.69. The molecule has 0 N–H and O–H groups in total. The number of ether oxygens (including phenoxy) is 1. The van der Waals surface area contributed by atoms with Crippen LogP contribution in [0.2, 0.25) is 0 Å². The first-order chi connectivity index (χ1) is 7.19. The Morgan fingerprint density at radius 2 is 2.07 bits per heavy atom. The predicted molar refractivity (Wildman–Crippen MR) is 67.4 cm³/mol. The fourth-order valence-electron chi connectivity index (χ4n) is 1.09. The summed E-state index contributed by atoms with van der Waals surface area (Å²) in [4.78, 5) is 4.42. The van der Waals surface area contributed by atoms with Crippen LogP contribution in [0.25, 0.3) is 0 Å². The third-order valence-electron chi connectivity index (χ3n) is 2.28. The highest BCUT2D eigenvalue weighted by Gasteiger charge is 2.01. The third kappa shape index (κ3) is 5.40. The molecule has 15 heavy (non-hydrogen) atoms. The Morgan fingerprint density at radius 1 is 1.40 bits per heavy atom. The minimum Gasteiger partial charge on any atom is -0.492 e. The van der Waals surface area contributed by atoms with Crippen molar-refractivity contribution in [2.45, 2.75) is 46.6 Å². The van der Waals surface area contributed by atoms with Gasteiger partial charge in [0.2, 0.25) is 0 Å². The van der Waals surface area contributed by atoms with Gasteiger partial charge in [-0.1, -0.05) is 26.5 Å². The molecule has 0 aliphatic carbocycles. The van der Waals surface area contributed by atoms with Crippen LogP contribution in [0.5, 0.6) is 0 Å². The van der Waals surface area contributed by atoms with E-state index in [4.69, 9.17) is 4.74 Å². The Balaban J connectivity index is 4.72. The summed E-state index contributed by atoms with van der Waals surface area (Å²) in [6.07, 6.45) is 5.64. The molecule has 0 spiro atoms. The van der Waals surface area contributed by atoms with Gasteiger partial charge in [-0.2, -0.15) is 0 Å². The second kappa shape index (κ2) is 8.27. The molecule has 86 valence electrons. The van der Waals surface area contributed by atoms with E-state index in [-0.39, 0.29) is 0 Å². The average molecular weight is 209 g/mol. The van der Waals surface area contributed by atoms with Gasteiger partial charge in [-0.25, -0.2) is 0 Å². The third-order valence-corrected chi connectivity index (χ3v) is 2.28. The van der Waals surface area contributed by atoms with Crippen molar-refractivity contribution in [3.63, 3.8) is 0 Å². The molecule has 0 fully saturated rings. The van der Waals surface area contributed by atoms with Crippen molar-refractivity contribution < 1.29 is 4.74 Å². The molecule has 0 heterocycles. The quantitative estimate of drug-likeness (QED) is 0.355. The predicted octanol–water partition coefficient (Wildman–Crippen LogP) is 3.74. The first-order valence-electron chi connectivity index (χ1n) is 5.71. The van der Waals surface area contributed by atoms with Crippen LogP contribution >= 0.6 is 0 Å². The van der Waals surface area contributed by atoms with Crippen molar-refractivity contribution in [3.05, 3.63) is 24.0 Å². The lowest BCUT2D eigenvalue weighted by Gasteiger charge is -2.08. The zero-order valence-electron chi connectivity index (χ0n) is 10.4. The van der Waals surface area contributed by atoms with Crippen LogP contribution in [0.4, 0.5) is 0 Å². The second-order valence-corrected chi connectivity index (χ2v) is 3.42. The van der Waals surface area contributed by atoms with E-state index in [0.717, 1.165) is 24.2 Å². The van der Waals surface area contributed by atoms with E-state index in [0.29, 0.717) is 12.6 Å². The summed E-state index contributed by atoms with van der Waals surface area (Å²) in [5.74, 6) is 0.857. The number of nitrogens with zero attached hydrogens (tertiary/aromatic N) is 1. The Bertz CT molecular complexity index is 241. The zero-order chi connectivity index (χ0) is 11.7. The number of hydrogen-bond acceptors (Lipinski definition) is 2. The van der Waals surface area contributed by atoms with Gasteiger partial charge in [0.25, 0.3) is 0 Å². The molecular formula is C13H23NO. The zero-order valence-corrected chi connectivity index (χ0v) is 10.4. The van der Waals surface area contributed by atoms with E-state index in [9.17, 15) is 0 Å². The molecule has 0 saturated heterocycles. The highest BCUT2D eigenvalue weighted by molar-refractivity contribution is 5.78. The molecular weight excluding hydrogens is 186 g/mol. The monoisotopic (exact) mass is 209 g/mol. The largest absolute Gasteiger partial charge is 0.492 e. The maximum absolute atomic E-state index is 5.54. The molecule has 0 bridgehead atoms. The Labute approximate surface area is 93.7 Å². The molecule has 0 radical (unpaired) electrons. The van der Waals surface area contributed by atoms with Crippen LogP contribution in [-0.2, 0) is 4.74 Å². The van der Waals surface area contributed by atoms with Gasteiger partial charge in [0, 0.05) is 6.04 Å². The smallest absolute Gasteiger partial charge is 0.140 e. The van der Waals surface area contributed by atoms with Crippen LogP contribution in [0.3, 0.4) is 0 Å². The van der Waals surface area contributed by atoms with Crippen LogP contribution in [-0.4, -0.2) is 18.9 Å². The Morgan fingerprint density at radius 3 is 2.47 bits per heavy atom. The molecule has 0 aromatic rings. The average Bonchev–Trinajstić information content (AvgIpc) is 2.26. The van der Waals surface area contributed by atoms with Crippen molar-refractivity contribution in [1.82, 2.24) is 0 Å². The number of hydrogen-bond donors (Lipinski definition) is 0. The molecule has 0 aromatic carbocycles. The van der Waals surface area contributed by atoms with Crippen LogP contribution < -0.4 is 0 Å². The maximum atomic E-state index is 5.54. The summed E-state index contributed by atoms with van der Waals surface area (Å²) in [7, 11) is 0. The fourth-order valence-corrected chi connectivity index (χ4v) is 1.09. The second-order valence-electron chi connectivity index (χ2n) is 3.42. The van der Waals surface area contributed by atoms with Gasteiger partial charge in [0.15, 0.2) is 0 Å². The highest BCUT2D eigenvalue weighted by Crippen LogP contribution is 2.10. The van der Waals surface area contributed by atoms with Crippen LogP contribution in [0, 0.1) is 0 Å². The van der Waals surface area contributed by atoms with Gasteiger partial charge < -0.3 is 4.74 Å². The molecule has 0 aliphatic rings. The first-order valence-corrected chi connectivity index (χ1v) is 5.71. The van der Waals surface area contributed by atoms with E-state index >= 15 is 0 Å². The van der Waals surface area contributed by atoms with Crippen molar-refractivity contribution in [2.24, 2.45) is 4.99 Å². The Hall–Kier alpha value is -1.05. The van der Waals surface area contributed by atoms with Crippen molar-refractivity contribution >= 4 is 6.21 Å². The topological polar surface area (TPSA) is 21.6 Å². The van der Waals surface area contributed by atoms with Gasteiger partial charge >= 0.3 is 0 Å². The summed E-state index contributed by atoms with van der Waals surface area (Å²) >= 11 is 0. The minimum atomic E-state index is 0.350. The normalized spacial score (nSPS) is 14.9. The van der Waals surface area contributed by atoms with Crippen LogP contribution in [0.1, 0.15) is 40.5 Å². The van der Waals surface area contributed by atoms with Crippen LogP contribution in [0.15, 0.2) is 29.0 Å². The van der Waals surface area contributed by atoms with Gasteiger partial charge in [0.05, 0.1) is 12.8 Å². The van der Waals surface area contributed by atoms with Gasteiger partial charge in [-0.15, -0.1) is 0 Å². The minimum absolute atomic E-state index is 0.350. The number of allylic oxidation sites excluding steroid dienone is 3. The van der Waals surface area contributed by atoms with Gasteiger partial charge in [-0.3, -0.25) is 4.99 Å². The molecule has 0 amide bonds. The molecule has 0 aromatic heterocycles. The van der Waals surface area contributed by atoms with Crippen molar-refractivity contribution in [2.75, 3.05) is 6.61 Å². The van der Waals surface area contributed by atoms with E-state index in [1.807, 2.05) is 19.2 Å². The molecule has 2 heteroatoms. The molecule has 0 rings (SSSR count). The molecule has 0 saturated carbocycles. The summed E-state index contributed by atoms with van der Waals surface area (Å²) < 4.78 is 5.54.